The van der Waals surface area contributed by atoms with E-state index in [-0.39, 0.29) is 12.0 Å². The molecule has 2 aliphatic carbocycles. The van der Waals surface area contributed by atoms with E-state index in [1.54, 1.807) is 6.20 Å². The Balaban J connectivity index is 1.58. The number of hydrogen-bond donors (Lipinski definition) is 3. The Morgan fingerprint density at radius 2 is 1.91 bits per heavy atom. The van der Waals surface area contributed by atoms with Crippen LogP contribution in [0.25, 0.3) is 32.8 Å². The lowest BCUT2D eigenvalue weighted by Crippen LogP contribution is -2.38. The van der Waals surface area contributed by atoms with E-state index in [0.29, 0.717) is 53.3 Å². The summed E-state index contributed by atoms with van der Waals surface area (Å²) in [6, 6.07) is 7.29. The monoisotopic (exact) mass is 451 g/mol. The maximum atomic E-state index is 14.2. The molecule has 0 unspecified atom stereocenters. The van der Waals surface area contributed by atoms with Crippen molar-refractivity contribution in [2.24, 2.45) is 5.92 Å². The lowest BCUT2D eigenvalue weighted by atomic mass is 9.82. The van der Waals surface area contributed by atoms with Crippen LogP contribution in [0.4, 0.5) is 8.78 Å². The van der Waals surface area contributed by atoms with Crippen LogP contribution in [0.3, 0.4) is 0 Å². The number of carboxylic acid groups (broad SMARTS) is 1. The molecule has 33 heavy (non-hydrogen) atoms. The summed E-state index contributed by atoms with van der Waals surface area (Å²) in [6.45, 7) is 0. The number of fused-ring (bicyclic) bond motifs is 2. The molecule has 2 heterocycles. The molecule has 0 saturated heterocycles. The number of ether oxygens (including phenoxy) is 1. The Kier molecular flexibility index (Phi) is 4.22. The largest absolute Gasteiger partial charge is 0.481 e. The third-order valence-electron chi connectivity index (χ3n) is 6.62. The fourth-order valence-corrected chi connectivity index (χ4v) is 4.47. The van der Waals surface area contributed by atoms with Gasteiger partial charge in [0.1, 0.15) is 11.7 Å². The minimum atomic E-state index is -1.19. The van der Waals surface area contributed by atoms with Gasteiger partial charge < -0.3 is 14.9 Å². The van der Waals surface area contributed by atoms with Crippen LogP contribution >= 0.6 is 0 Å². The van der Waals surface area contributed by atoms with E-state index in [4.69, 9.17) is 4.74 Å². The number of pyridine rings is 1. The minimum Gasteiger partial charge on any atom is -0.481 e. The van der Waals surface area contributed by atoms with E-state index >= 15 is 0 Å². The van der Waals surface area contributed by atoms with Gasteiger partial charge in [-0.05, 0) is 60.9 Å². The van der Waals surface area contributed by atoms with E-state index in [2.05, 4.69) is 15.2 Å². The van der Waals surface area contributed by atoms with Gasteiger partial charge >= 0.3 is 5.97 Å². The van der Waals surface area contributed by atoms with Crippen LogP contribution in [0.15, 0.2) is 36.5 Å². The van der Waals surface area contributed by atoms with Crippen molar-refractivity contribution in [3.8, 4) is 17.0 Å². The molecule has 2 fully saturated rings. The molecule has 2 aliphatic rings. The number of nitrogens with one attached hydrogen (secondary N) is 1. The number of nitrogens with zero attached hydrogens (tertiary/aromatic N) is 2. The van der Waals surface area contributed by atoms with Gasteiger partial charge in [0.05, 0.1) is 23.3 Å². The molecule has 0 bridgehead atoms. The van der Waals surface area contributed by atoms with Crippen molar-refractivity contribution in [2.45, 2.75) is 37.4 Å². The molecule has 9 heteroatoms. The van der Waals surface area contributed by atoms with Crippen LogP contribution in [0.2, 0.25) is 0 Å². The van der Waals surface area contributed by atoms with Crippen LogP contribution < -0.4 is 4.74 Å². The summed E-state index contributed by atoms with van der Waals surface area (Å²) in [5.74, 6) is -2.98. The zero-order valence-corrected chi connectivity index (χ0v) is 17.3. The number of aliphatic hydroxyl groups is 1. The zero-order valence-electron chi connectivity index (χ0n) is 17.3. The number of benzene rings is 2. The molecule has 7 nitrogen and oxygen atoms in total. The lowest BCUT2D eigenvalue weighted by molar-refractivity contribution is -0.148. The van der Waals surface area contributed by atoms with Gasteiger partial charge in [-0.15, -0.1) is 0 Å². The smallest absolute Gasteiger partial charge is 0.306 e. The first kappa shape index (κ1) is 20.0. The summed E-state index contributed by atoms with van der Waals surface area (Å²) in [7, 11) is 0. The van der Waals surface area contributed by atoms with Crippen molar-refractivity contribution < 1.29 is 28.5 Å². The summed E-state index contributed by atoms with van der Waals surface area (Å²) in [5.41, 5.74) is 0.788. The van der Waals surface area contributed by atoms with E-state index in [0.717, 1.165) is 23.0 Å². The molecule has 168 valence electrons. The second-order valence-electron chi connectivity index (χ2n) is 8.90. The SMILES string of the molecule is O=C(O)[C@H]1C[C@H](Oc2nc(C3(O)CC3)c(-c3ccc(F)c(F)c3)c3cc4cn[nH]c4cc23)C1. The number of rotatable bonds is 5. The van der Waals surface area contributed by atoms with Gasteiger partial charge in [-0.25, -0.2) is 13.8 Å². The molecule has 0 atom stereocenters. The molecule has 0 spiro atoms. The first-order chi connectivity index (χ1) is 15.8. The number of hydrogen-bond acceptors (Lipinski definition) is 5. The normalized spacial score (nSPS) is 21.2. The van der Waals surface area contributed by atoms with Gasteiger partial charge in [0.15, 0.2) is 11.6 Å². The third-order valence-corrected chi connectivity index (χ3v) is 6.62. The van der Waals surface area contributed by atoms with Gasteiger partial charge in [-0.1, -0.05) is 6.07 Å². The molecule has 2 saturated carbocycles. The van der Waals surface area contributed by atoms with Gasteiger partial charge in [-0.2, -0.15) is 5.10 Å². The second kappa shape index (κ2) is 6.95. The van der Waals surface area contributed by atoms with Gasteiger partial charge in [0.25, 0.3) is 0 Å². The molecular weight excluding hydrogens is 432 g/mol. The van der Waals surface area contributed by atoms with Crippen LogP contribution in [0.1, 0.15) is 31.4 Å². The average molecular weight is 451 g/mol. The summed E-state index contributed by atoms with van der Waals surface area (Å²) in [4.78, 5) is 15.9. The molecule has 2 aromatic heterocycles. The first-order valence-corrected chi connectivity index (χ1v) is 10.7. The Morgan fingerprint density at radius 3 is 2.61 bits per heavy atom. The highest BCUT2D eigenvalue weighted by Crippen LogP contribution is 2.51. The molecular formula is C24H19F2N3O4. The van der Waals surface area contributed by atoms with Crippen molar-refractivity contribution in [3.63, 3.8) is 0 Å². The van der Waals surface area contributed by atoms with Crippen LogP contribution in [-0.4, -0.2) is 37.5 Å². The quantitative estimate of drug-likeness (QED) is 0.418. The summed E-state index contributed by atoms with van der Waals surface area (Å²) < 4.78 is 34.0. The van der Waals surface area contributed by atoms with Crippen molar-refractivity contribution in [2.75, 3.05) is 0 Å². The third kappa shape index (κ3) is 3.22. The van der Waals surface area contributed by atoms with Gasteiger partial charge in [0.2, 0.25) is 5.88 Å². The van der Waals surface area contributed by atoms with Gasteiger partial charge in [-0.3, -0.25) is 9.89 Å². The van der Waals surface area contributed by atoms with E-state index in [1.165, 1.54) is 6.07 Å². The van der Waals surface area contributed by atoms with Crippen LogP contribution in [-0.2, 0) is 10.4 Å². The zero-order chi connectivity index (χ0) is 22.9. The number of aromatic amines is 1. The molecule has 0 aliphatic heterocycles. The summed E-state index contributed by atoms with van der Waals surface area (Å²) in [6.07, 6.45) is 3.06. The fraction of sp³-hybridized carbons (Fsp3) is 0.292. The summed E-state index contributed by atoms with van der Waals surface area (Å²) >= 11 is 0. The highest BCUT2D eigenvalue weighted by molar-refractivity contribution is 6.06. The Bertz CT molecular complexity index is 1440. The molecule has 2 aromatic carbocycles. The number of carboxylic acids is 1. The predicted octanol–water partition coefficient (Wildman–Crippen LogP) is 4.28. The second-order valence-corrected chi connectivity index (χ2v) is 8.90. The molecule has 0 amide bonds. The fourth-order valence-electron chi connectivity index (χ4n) is 4.47. The summed E-state index contributed by atoms with van der Waals surface area (Å²) in [5, 5.41) is 29.3. The topological polar surface area (TPSA) is 108 Å². The Hall–Kier alpha value is -3.59. The minimum absolute atomic E-state index is 0.275. The maximum absolute atomic E-state index is 14.2. The number of aromatic nitrogens is 3. The number of carbonyl (C=O) groups is 1. The van der Waals surface area contributed by atoms with E-state index < -0.39 is 29.1 Å². The lowest BCUT2D eigenvalue weighted by Gasteiger charge is -2.32. The van der Waals surface area contributed by atoms with E-state index in [1.807, 2.05) is 12.1 Å². The standard InChI is InChI=1S/C24H19F2N3O4/c25-17-2-1-11(8-18(17)26)20-15-7-13-10-27-29-19(13)9-16(15)22(28-21(20)24(32)3-4-24)33-14-5-12(6-14)23(30)31/h1-2,7-10,12,14,32H,3-6H2,(H,27,29)(H,30,31)/t12-,14-. The van der Waals surface area contributed by atoms with E-state index in [9.17, 15) is 23.8 Å². The number of H-pyrrole nitrogens is 1. The van der Waals surface area contributed by atoms with Crippen molar-refractivity contribution in [3.05, 3.63) is 53.9 Å². The van der Waals surface area contributed by atoms with Crippen molar-refractivity contribution in [1.29, 1.82) is 0 Å². The highest BCUT2D eigenvalue weighted by atomic mass is 19.2. The number of halogens is 2. The molecule has 4 aromatic rings. The first-order valence-electron chi connectivity index (χ1n) is 10.7. The Labute approximate surface area is 186 Å². The molecule has 6 rings (SSSR count). The van der Waals surface area contributed by atoms with Gasteiger partial charge in [0, 0.05) is 16.3 Å². The maximum Gasteiger partial charge on any atom is 0.306 e. The van der Waals surface area contributed by atoms with Crippen LogP contribution in [0.5, 0.6) is 5.88 Å². The van der Waals surface area contributed by atoms with Crippen molar-refractivity contribution >= 4 is 27.6 Å². The Morgan fingerprint density at radius 1 is 1.12 bits per heavy atom. The number of aliphatic carboxylic acids is 1. The highest BCUT2D eigenvalue weighted by Gasteiger charge is 2.47. The van der Waals surface area contributed by atoms with Crippen LogP contribution in [0, 0.1) is 17.6 Å². The van der Waals surface area contributed by atoms with Crippen molar-refractivity contribution in [1.82, 2.24) is 15.2 Å². The average Bonchev–Trinajstić information content (AvgIpc) is 3.33. The molecule has 3 N–H and O–H groups in total. The predicted molar refractivity (Wildman–Crippen MR) is 115 cm³/mol. The molecule has 0 radical (unpaired) electrons.